The van der Waals surface area contributed by atoms with Crippen LogP contribution >= 0.6 is 0 Å². The quantitative estimate of drug-likeness (QED) is 0.0569. The molecule has 1 fully saturated rings. The molecule has 0 amide bonds. The van der Waals surface area contributed by atoms with E-state index < -0.39 is 17.5 Å². The molecule has 0 aromatic heterocycles. The highest BCUT2D eigenvalue weighted by Gasteiger charge is 2.45. The van der Waals surface area contributed by atoms with Gasteiger partial charge in [0.25, 0.3) is 5.78 Å². The number of nitrogens with zero attached hydrogens (tertiary/aromatic N) is 3. The number of Topliss-reactive ketones (excluding diaryl/α,β-unsaturated/α-hetero) is 1. The smallest absolute Gasteiger partial charge is 0.441 e. The van der Waals surface area contributed by atoms with Crippen LogP contribution in [-0.4, -0.2) is 51.4 Å². The fraction of sp³-hybridized carbons (Fsp3) is 0.893. The van der Waals surface area contributed by atoms with Crippen molar-refractivity contribution in [2.45, 2.75) is 155 Å². The minimum Gasteiger partial charge on any atom is -0.453 e. The zero-order valence-corrected chi connectivity index (χ0v) is 23.0. The van der Waals surface area contributed by atoms with E-state index in [2.05, 4.69) is 51.4 Å². The fourth-order valence-electron chi connectivity index (χ4n) is 5.20. The third-order valence-electron chi connectivity index (χ3n) is 7.61. The van der Waals surface area contributed by atoms with E-state index in [-0.39, 0.29) is 23.6 Å². The molecule has 0 aliphatic carbocycles. The van der Waals surface area contributed by atoms with Gasteiger partial charge in [-0.05, 0) is 41.2 Å². The molecule has 0 spiro atoms. The van der Waals surface area contributed by atoms with Crippen molar-refractivity contribution in [2.24, 2.45) is 0 Å². The minimum absolute atomic E-state index is 0.137. The first-order chi connectivity index (χ1) is 16.0. The number of carbonyl (C=O) groups excluding carboxylic acids is 2. The second-order valence-corrected chi connectivity index (χ2v) is 11.5. The summed E-state index contributed by atoms with van der Waals surface area (Å²) in [7, 11) is 2.08. The highest BCUT2D eigenvalue weighted by molar-refractivity contribution is 6.62. The van der Waals surface area contributed by atoms with Gasteiger partial charge in [0.2, 0.25) is 0 Å². The van der Waals surface area contributed by atoms with E-state index >= 15 is 0 Å². The van der Waals surface area contributed by atoms with Crippen molar-refractivity contribution in [2.75, 3.05) is 7.05 Å². The number of hydrogen-bond donors (Lipinski definition) is 0. The van der Waals surface area contributed by atoms with Crippen molar-refractivity contribution < 1.29 is 19.1 Å². The summed E-state index contributed by atoms with van der Waals surface area (Å²) in [4.78, 5) is 30.3. The number of rotatable bonds is 17. The van der Waals surface area contributed by atoms with E-state index in [9.17, 15) is 15.1 Å². The molecule has 6 nitrogen and oxygen atoms in total. The monoisotopic (exact) mass is 477 g/mol. The Morgan fingerprint density at radius 2 is 1.24 bits per heavy atom. The van der Waals surface area contributed by atoms with Gasteiger partial charge in [-0.2, -0.15) is 4.79 Å². The summed E-state index contributed by atoms with van der Waals surface area (Å²) in [6.45, 7) is 10.7. The van der Waals surface area contributed by atoms with Crippen LogP contribution in [0.15, 0.2) is 0 Å². The first-order valence-corrected chi connectivity index (χ1v) is 13.8. The Kier molecular flexibility index (Phi) is 13.9. The number of likely N-dealkylation sites (tertiary alicyclic amines) is 1. The fourth-order valence-corrected chi connectivity index (χ4v) is 5.20. The summed E-state index contributed by atoms with van der Waals surface area (Å²) >= 11 is 0. The first kappa shape index (κ1) is 30.5. The number of piperidine rings is 1. The molecule has 6 heteroatoms. The van der Waals surface area contributed by atoms with Gasteiger partial charge in [0.1, 0.15) is 6.10 Å². The Hall–Kier alpha value is -1.52. The summed E-state index contributed by atoms with van der Waals surface area (Å²) in [5.41, 5.74) is 8.57. The maximum Gasteiger partial charge on any atom is 0.441 e. The maximum absolute atomic E-state index is 12.6. The lowest BCUT2D eigenvalue weighted by Gasteiger charge is -2.53. The van der Waals surface area contributed by atoms with Crippen LogP contribution in [0.25, 0.3) is 5.53 Å². The van der Waals surface area contributed by atoms with E-state index in [0.29, 0.717) is 19.3 Å². The number of ketones is 1. The van der Waals surface area contributed by atoms with Crippen molar-refractivity contribution >= 4 is 17.5 Å². The molecule has 1 heterocycles. The summed E-state index contributed by atoms with van der Waals surface area (Å²) in [6.07, 6.45) is 17.2. The number of ether oxygens (including phenoxy) is 1. The van der Waals surface area contributed by atoms with E-state index in [4.69, 9.17) is 4.74 Å². The van der Waals surface area contributed by atoms with Crippen LogP contribution in [0.1, 0.15) is 137 Å². The highest BCUT2D eigenvalue weighted by atomic mass is 16.5. The number of carbonyl (C=O) groups is 2. The van der Waals surface area contributed by atoms with E-state index in [1.165, 1.54) is 64.2 Å². The van der Waals surface area contributed by atoms with Gasteiger partial charge in [0, 0.05) is 30.3 Å². The van der Waals surface area contributed by atoms with Gasteiger partial charge in [0.15, 0.2) is 0 Å². The highest BCUT2D eigenvalue weighted by Crippen LogP contribution is 2.38. The Labute approximate surface area is 208 Å². The average molecular weight is 478 g/mol. The summed E-state index contributed by atoms with van der Waals surface area (Å²) in [6, 6.07) is 0. The topological polar surface area (TPSA) is 83.0 Å². The SMILES string of the molecule is CCCCCCCCCCCCCCCC(=O)C(=[N+]=[N-])C(=O)OC1CC(C)(C)N(C)C(C)(C)C1. The molecule has 1 saturated heterocycles. The zero-order chi connectivity index (χ0) is 25.6. The lowest BCUT2D eigenvalue weighted by Crippen LogP contribution is -2.60. The molecule has 1 aliphatic rings. The maximum atomic E-state index is 12.6. The molecule has 0 aromatic carbocycles. The van der Waals surface area contributed by atoms with E-state index in [1.807, 2.05) is 0 Å². The van der Waals surface area contributed by atoms with Crippen LogP contribution in [-0.2, 0) is 14.3 Å². The minimum atomic E-state index is -0.802. The lowest BCUT2D eigenvalue weighted by atomic mass is 9.79. The summed E-state index contributed by atoms with van der Waals surface area (Å²) in [5, 5.41) is 0. The van der Waals surface area contributed by atoms with Crippen molar-refractivity contribution in [1.29, 1.82) is 0 Å². The number of unbranched alkanes of at least 4 members (excludes halogenated alkanes) is 12. The molecule has 0 aromatic rings. The van der Waals surface area contributed by atoms with Gasteiger partial charge in [-0.1, -0.05) is 84.0 Å². The van der Waals surface area contributed by atoms with Gasteiger partial charge in [-0.3, -0.25) is 9.69 Å². The van der Waals surface area contributed by atoms with Crippen molar-refractivity contribution in [1.82, 2.24) is 4.90 Å². The van der Waals surface area contributed by atoms with E-state index in [1.54, 1.807) is 0 Å². The normalized spacial score (nSPS) is 17.8. The molecule has 0 saturated carbocycles. The van der Waals surface area contributed by atoms with Crippen LogP contribution in [0.2, 0.25) is 0 Å². The molecular weight excluding hydrogens is 426 g/mol. The second-order valence-electron chi connectivity index (χ2n) is 11.5. The standard InChI is InChI=1S/C28H51N3O3/c1-7-8-9-10-11-12-13-14-15-16-17-18-19-20-24(32)25(30-29)26(33)34-23-21-27(2,3)31(6)28(4,5)22-23/h23H,7-22H2,1-6H3. The molecule has 0 unspecified atom stereocenters. The molecule has 0 atom stereocenters. The Bertz CT molecular complexity index is 662. The van der Waals surface area contributed by atoms with Crippen LogP contribution in [0.3, 0.4) is 0 Å². The molecule has 0 bridgehead atoms. The molecule has 0 N–H and O–H groups in total. The van der Waals surface area contributed by atoms with Crippen LogP contribution < -0.4 is 0 Å². The molecule has 1 rings (SSSR count). The number of esters is 1. The third kappa shape index (κ3) is 10.8. The predicted molar refractivity (Wildman–Crippen MR) is 139 cm³/mol. The van der Waals surface area contributed by atoms with Gasteiger partial charge >= 0.3 is 11.7 Å². The van der Waals surface area contributed by atoms with Crippen LogP contribution in [0, 0.1) is 0 Å². The largest absolute Gasteiger partial charge is 0.453 e. The summed E-state index contributed by atoms with van der Waals surface area (Å²) in [5.74, 6) is -1.23. The van der Waals surface area contributed by atoms with Gasteiger partial charge in [0.05, 0.1) is 0 Å². The zero-order valence-electron chi connectivity index (χ0n) is 23.0. The predicted octanol–water partition coefficient (Wildman–Crippen LogP) is 6.90. The molecule has 1 aliphatic heterocycles. The average Bonchev–Trinajstić information content (AvgIpc) is 2.75. The van der Waals surface area contributed by atoms with Crippen molar-refractivity contribution in [3.63, 3.8) is 0 Å². The van der Waals surface area contributed by atoms with E-state index in [0.717, 1.165) is 12.8 Å². The van der Waals surface area contributed by atoms with Crippen LogP contribution in [0.5, 0.6) is 0 Å². The third-order valence-corrected chi connectivity index (χ3v) is 7.61. The lowest BCUT2D eigenvalue weighted by molar-refractivity contribution is -0.156. The van der Waals surface area contributed by atoms with Crippen LogP contribution in [0.4, 0.5) is 0 Å². The molecule has 196 valence electrons. The molecule has 34 heavy (non-hydrogen) atoms. The Morgan fingerprint density at radius 3 is 1.65 bits per heavy atom. The Morgan fingerprint density at radius 1 is 0.824 bits per heavy atom. The van der Waals surface area contributed by atoms with Crippen molar-refractivity contribution in [3.05, 3.63) is 5.53 Å². The first-order valence-electron chi connectivity index (χ1n) is 13.8. The second kappa shape index (κ2) is 15.5. The summed E-state index contributed by atoms with van der Waals surface area (Å²) < 4.78 is 5.63. The van der Waals surface area contributed by atoms with Crippen molar-refractivity contribution in [3.8, 4) is 0 Å². The van der Waals surface area contributed by atoms with Gasteiger partial charge < -0.3 is 10.3 Å². The van der Waals surface area contributed by atoms with Gasteiger partial charge in [-0.25, -0.2) is 4.79 Å². The molecular formula is C28H51N3O3. The molecule has 0 radical (unpaired) electrons. The van der Waals surface area contributed by atoms with Gasteiger partial charge in [-0.15, -0.1) is 0 Å². The Balaban J connectivity index is 2.24. The number of hydrogen-bond acceptors (Lipinski definition) is 4.